The van der Waals surface area contributed by atoms with Crippen LogP contribution in [0.2, 0.25) is 0 Å². The first-order valence-electron chi connectivity index (χ1n) is 0.204. The van der Waals surface area contributed by atoms with Crippen molar-refractivity contribution in [1.29, 1.82) is 0 Å². The molecule has 0 aromatic heterocycles. The smallest absolute Gasteiger partial charge is 2.00 e. The van der Waals surface area contributed by atoms with Crippen molar-refractivity contribution in [1.82, 2.24) is 0 Å². The van der Waals surface area contributed by atoms with E-state index in [1.165, 1.54) is 0 Å². The van der Waals surface area contributed by atoms with E-state index in [9.17, 15) is 0 Å². The van der Waals surface area contributed by atoms with Crippen LogP contribution < -0.4 is 0 Å². The maximum Gasteiger partial charge on any atom is 3.00 e. The third-order valence-corrected chi connectivity index (χ3v) is 0. The van der Waals surface area contributed by atoms with Crippen LogP contribution in [0.5, 0.6) is 0 Å². The summed E-state index contributed by atoms with van der Waals surface area (Å²) >= 11 is 0. The summed E-state index contributed by atoms with van der Waals surface area (Å²) in [6.07, 6.45) is 0. The second-order valence-electron chi connectivity index (χ2n) is 0. The van der Waals surface area contributed by atoms with E-state index in [-0.39, 0.29) is 31.3 Å². The Balaban J connectivity index is -0.00000000500. The van der Waals surface area contributed by atoms with Crippen molar-refractivity contribution in [3.05, 3.63) is 0 Å². The summed E-state index contributed by atoms with van der Waals surface area (Å²) in [6, 6.07) is 0. The molecule has 0 N–H and O–H groups in total. The summed E-state index contributed by atoms with van der Waals surface area (Å²) in [4.78, 5) is 0. The molecule has 2 nitrogen and oxygen atoms in total. The van der Waals surface area contributed by atoms with Crippen LogP contribution >= 0.6 is 0 Å². The van der Waals surface area contributed by atoms with Crippen LogP contribution in [0.4, 0.5) is 0 Å². The maximum absolute atomic E-state index is 8.06. The maximum atomic E-state index is 8.06. The molecule has 0 saturated carbocycles. The Morgan fingerprint density at radius 3 is 1.25 bits per heavy atom. The molecule has 0 radical (unpaired) electrons. The molecule has 0 heterocycles. The normalized spacial score (nSPS) is 1.50. The molecule has 0 amide bonds. The summed E-state index contributed by atoms with van der Waals surface area (Å²) in [5.41, 5.74) is 0. The van der Waals surface area contributed by atoms with Gasteiger partial charge < -0.3 is 5.48 Å². The third-order valence-electron chi connectivity index (χ3n) is 0. The zero-order valence-corrected chi connectivity index (χ0v) is 6.19. The van der Waals surface area contributed by atoms with Crippen LogP contribution in [0.3, 0.4) is 0 Å². The number of rotatable bonds is 0. The quantitative estimate of drug-likeness (QED) is 0.435. The zero-order valence-electron chi connectivity index (χ0n) is 1.89. The monoisotopic (exact) mass is 175 g/mol. The van der Waals surface area contributed by atoms with Crippen LogP contribution in [0, 0.1) is 0 Å². The fourth-order valence-corrected chi connectivity index (χ4v) is 0. The molecule has 0 bridgehead atoms. The van der Waals surface area contributed by atoms with E-state index in [0.29, 0.717) is 0 Å². The fraction of sp³-hybridized carbons (Fsp3) is 0. The van der Waals surface area contributed by atoms with Crippen LogP contribution in [-0.4, -0.2) is 36.0 Å². The van der Waals surface area contributed by atoms with Crippen molar-refractivity contribution in [2.75, 3.05) is 0 Å². The molecule has 0 saturated heterocycles. The van der Waals surface area contributed by atoms with Gasteiger partial charge in [-0.1, -0.05) is 0 Å². The Hall–Kier alpha value is 0.847. The predicted octanol–water partition coefficient (Wildman–Crippen LogP) is -0.999. The van der Waals surface area contributed by atoms with Crippen molar-refractivity contribution >= 4 is 36.0 Å². The van der Waals surface area contributed by atoms with Gasteiger partial charge in [-0.2, -0.15) is 0 Å². The molecule has 0 aromatic rings. The van der Waals surface area contributed by atoms with Crippen molar-refractivity contribution in [2.45, 2.75) is 0 Å². The van der Waals surface area contributed by atoms with Gasteiger partial charge in [0.1, 0.15) is 0 Å². The van der Waals surface area contributed by atoms with Crippen molar-refractivity contribution < 1.29 is 9.94 Å². The van der Waals surface area contributed by atoms with Gasteiger partial charge in [0.2, 0.25) is 0 Å². The van der Waals surface area contributed by atoms with Crippen molar-refractivity contribution in [2.24, 2.45) is 0 Å². The molecule has 0 rings (SSSR count). The van der Waals surface area contributed by atoms with Crippen molar-refractivity contribution in [3.63, 3.8) is 0 Å². The van der Waals surface area contributed by atoms with E-state index >= 15 is 0 Å². The summed E-state index contributed by atoms with van der Waals surface area (Å²) in [5, 5.41) is 0. The Morgan fingerprint density at radius 1 is 1.25 bits per heavy atom. The van der Waals surface area contributed by atoms with Gasteiger partial charge in [0, 0.05) is 0 Å². The van der Waals surface area contributed by atoms with Gasteiger partial charge in [-0.25, -0.2) is 0 Å². The van der Waals surface area contributed by atoms with Crippen LogP contribution in [-0.2, 0) is 9.94 Å². The summed E-state index contributed by atoms with van der Waals surface area (Å²) < 4.78 is 8.06. The third kappa shape index (κ3) is 13.5. The second-order valence-corrected chi connectivity index (χ2v) is 0. The van der Waals surface area contributed by atoms with E-state index in [1.54, 1.807) is 10.1 Å². The molecule has 0 aliphatic carbocycles. The Bertz CT molecular complexity index is 6.00. The van der Waals surface area contributed by atoms with E-state index in [4.69, 9.17) is 4.46 Å². The molecule has 0 unspecified atom stereocenters. The van der Waals surface area contributed by atoms with Gasteiger partial charge in [0.15, 0.2) is 0 Å². The van der Waals surface area contributed by atoms with Crippen LogP contribution in [0.1, 0.15) is 0 Å². The number of hydrogen-bond acceptors (Lipinski definition) is 1. The van der Waals surface area contributed by atoms with Gasteiger partial charge in [0.25, 0.3) is 0 Å². The summed E-state index contributed by atoms with van der Waals surface area (Å²) in [5.74, 6) is 0. The SMILES string of the molecule is O=[Si+2].[In+3].[O-2]. The van der Waals surface area contributed by atoms with E-state index < -0.39 is 0 Å². The minimum Gasteiger partial charge on any atom is -2.00 e. The van der Waals surface area contributed by atoms with Gasteiger partial charge in [0.05, 0.1) is 0 Å². The largest absolute Gasteiger partial charge is 3.00 e. The molecule has 0 aliphatic heterocycles. The van der Waals surface area contributed by atoms with E-state index in [1.807, 2.05) is 0 Å². The van der Waals surface area contributed by atoms with Crippen LogP contribution in [0.15, 0.2) is 0 Å². The average Bonchev–Trinajstić information content (AvgIpc) is 1.00. The van der Waals surface area contributed by atoms with Crippen LogP contribution in [0.25, 0.3) is 0 Å². The molecule has 0 fully saturated rings. The minimum absolute atomic E-state index is 0. The molecular weight excluding hydrogens is 175 g/mol. The molecule has 4 heteroatoms. The molecular formula is InO2Si+3. The second kappa shape index (κ2) is 43.5. The fourth-order valence-electron chi connectivity index (χ4n) is 0. The van der Waals surface area contributed by atoms with E-state index in [2.05, 4.69) is 0 Å². The Kier molecular flexibility index (Phi) is 228. The minimum atomic E-state index is 0. The van der Waals surface area contributed by atoms with Gasteiger partial charge in [-0.05, 0) is 0 Å². The topological polar surface area (TPSA) is 45.6 Å². The molecule has 4 heavy (non-hydrogen) atoms. The first-order chi connectivity index (χ1) is 1.00. The molecule has 0 aromatic carbocycles. The van der Waals surface area contributed by atoms with Gasteiger partial charge >= 0.3 is 40.4 Å². The molecule has 16 valence electrons. The molecule has 0 spiro atoms. The molecule has 0 aliphatic rings. The predicted molar refractivity (Wildman–Crippen MR) is 12.9 cm³/mol. The standard InChI is InChI=1S/In.OSi.O/c;1-2;/q+3;+2;-2. The summed E-state index contributed by atoms with van der Waals surface area (Å²) in [7, 11) is 1.72. The molecule has 0 atom stereocenters. The van der Waals surface area contributed by atoms with Gasteiger partial charge in [-0.3, -0.25) is 0 Å². The average molecular weight is 175 g/mol. The zero-order chi connectivity index (χ0) is 2.00. The van der Waals surface area contributed by atoms with E-state index in [0.717, 1.165) is 0 Å². The first-order valence-corrected chi connectivity index (χ1v) is 0.612. The number of hydrogen-bond donors (Lipinski definition) is 0. The van der Waals surface area contributed by atoms with Gasteiger partial charge in [-0.15, -0.1) is 0 Å². The summed E-state index contributed by atoms with van der Waals surface area (Å²) in [6.45, 7) is 0. The first kappa shape index (κ1) is 21.0. The Morgan fingerprint density at radius 2 is 1.25 bits per heavy atom. The van der Waals surface area contributed by atoms with Crippen molar-refractivity contribution in [3.8, 4) is 0 Å². The Labute approximate surface area is 46.2 Å².